The minimum absolute atomic E-state index is 0.0631. The standard InChI is InChI=1S/C23H18BrClF3N3O3/c24-15-3-1-14(2-4-15)19-7-8-20(34-19)21(32)29-16-5-6-18(17(25)13-16)30-9-11-31(12-10-30)22(33)23(26,27)28/h1-8,13H,9-12H2,(H,29,32). The summed E-state index contributed by atoms with van der Waals surface area (Å²) in [5, 5.41) is 3.04. The van der Waals surface area contributed by atoms with E-state index >= 15 is 0 Å². The summed E-state index contributed by atoms with van der Waals surface area (Å²) in [7, 11) is 0. The summed E-state index contributed by atoms with van der Waals surface area (Å²) >= 11 is 9.75. The van der Waals surface area contributed by atoms with Crippen molar-refractivity contribution >= 4 is 50.7 Å². The third-order valence-electron chi connectivity index (χ3n) is 5.31. The lowest BCUT2D eigenvalue weighted by Gasteiger charge is -2.36. The maximum Gasteiger partial charge on any atom is 0.471 e. The molecule has 0 atom stereocenters. The fourth-order valence-electron chi connectivity index (χ4n) is 3.59. The lowest BCUT2D eigenvalue weighted by Crippen LogP contribution is -2.52. The Hall–Kier alpha value is -2.98. The van der Waals surface area contributed by atoms with Crippen molar-refractivity contribution in [1.29, 1.82) is 0 Å². The van der Waals surface area contributed by atoms with Crippen molar-refractivity contribution in [2.24, 2.45) is 0 Å². The lowest BCUT2D eigenvalue weighted by atomic mass is 10.2. The molecule has 1 N–H and O–H groups in total. The van der Waals surface area contributed by atoms with E-state index < -0.39 is 18.0 Å². The van der Waals surface area contributed by atoms with Gasteiger partial charge in [-0.05, 0) is 42.5 Å². The minimum Gasteiger partial charge on any atom is -0.451 e. The topological polar surface area (TPSA) is 65.8 Å². The van der Waals surface area contributed by atoms with Crippen molar-refractivity contribution < 1.29 is 27.2 Å². The number of anilines is 2. The Morgan fingerprint density at radius 1 is 0.971 bits per heavy atom. The van der Waals surface area contributed by atoms with Crippen LogP contribution in [0.1, 0.15) is 10.6 Å². The van der Waals surface area contributed by atoms with E-state index in [0.717, 1.165) is 14.9 Å². The van der Waals surface area contributed by atoms with Crippen LogP contribution in [-0.4, -0.2) is 49.1 Å². The van der Waals surface area contributed by atoms with Crippen LogP contribution in [0, 0.1) is 0 Å². The second kappa shape index (κ2) is 9.71. The molecular weight excluding hydrogens is 539 g/mol. The maximum atomic E-state index is 12.6. The smallest absolute Gasteiger partial charge is 0.451 e. The van der Waals surface area contributed by atoms with E-state index in [1.165, 1.54) is 0 Å². The van der Waals surface area contributed by atoms with Gasteiger partial charge < -0.3 is 19.5 Å². The summed E-state index contributed by atoms with van der Waals surface area (Å²) in [4.78, 5) is 26.6. The molecule has 4 rings (SSSR count). The number of nitrogens with one attached hydrogen (secondary N) is 1. The van der Waals surface area contributed by atoms with Gasteiger partial charge in [-0.1, -0.05) is 39.7 Å². The summed E-state index contributed by atoms with van der Waals surface area (Å²) in [6.45, 7) is 0.287. The van der Waals surface area contributed by atoms with Crippen LogP contribution < -0.4 is 10.2 Å². The van der Waals surface area contributed by atoms with Crippen LogP contribution in [0.25, 0.3) is 11.3 Å². The molecule has 1 aromatic heterocycles. The van der Waals surface area contributed by atoms with E-state index in [2.05, 4.69) is 21.2 Å². The first-order valence-electron chi connectivity index (χ1n) is 10.2. The number of carbonyl (C=O) groups excluding carboxylic acids is 2. The van der Waals surface area contributed by atoms with Crippen molar-refractivity contribution in [3.8, 4) is 11.3 Å². The van der Waals surface area contributed by atoms with E-state index in [0.29, 0.717) is 22.2 Å². The number of amides is 2. The van der Waals surface area contributed by atoms with Crippen molar-refractivity contribution in [1.82, 2.24) is 4.90 Å². The Labute approximate surface area is 206 Å². The second-order valence-corrected chi connectivity index (χ2v) is 8.89. The third-order valence-corrected chi connectivity index (χ3v) is 6.15. The maximum absolute atomic E-state index is 12.6. The predicted molar refractivity (Wildman–Crippen MR) is 126 cm³/mol. The summed E-state index contributed by atoms with van der Waals surface area (Å²) in [6.07, 6.45) is -4.88. The monoisotopic (exact) mass is 555 g/mol. The largest absolute Gasteiger partial charge is 0.471 e. The number of benzene rings is 2. The number of rotatable bonds is 4. The van der Waals surface area contributed by atoms with Crippen LogP contribution in [0.4, 0.5) is 24.5 Å². The van der Waals surface area contributed by atoms with Gasteiger partial charge in [-0.2, -0.15) is 13.2 Å². The molecule has 11 heteroatoms. The van der Waals surface area contributed by atoms with Crippen LogP contribution in [-0.2, 0) is 4.79 Å². The summed E-state index contributed by atoms with van der Waals surface area (Å²) in [5.74, 6) is -1.61. The summed E-state index contributed by atoms with van der Waals surface area (Å²) in [6, 6.07) is 15.6. The Balaban J connectivity index is 1.39. The van der Waals surface area contributed by atoms with Gasteiger partial charge in [0.1, 0.15) is 5.76 Å². The van der Waals surface area contributed by atoms with Gasteiger partial charge in [-0.15, -0.1) is 0 Å². The summed E-state index contributed by atoms with van der Waals surface area (Å²) in [5.41, 5.74) is 1.87. The molecule has 3 aromatic rings. The van der Waals surface area contributed by atoms with Gasteiger partial charge in [0.05, 0.1) is 10.7 Å². The molecule has 0 unspecified atom stereocenters. The average molecular weight is 557 g/mol. The molecule has 0 aliphatic carbocycles. The molecule has 2 heterocycles. The molecule has 178 valence electrons. The first-order valence-corrected chi connectivity index (χ1v) is 11.4. The normalized spacial score (nSPS) is 14.3. The molecule has 1 aliphatic heterocycles. The van der Waals surface area contributed by atoms with Gasteiger partial charge in [0, 0.05) is 41.9 Å². The molecule has 34 heavy (non-hydrogen) atoms. The molecule has 2 aromatic carbocycles. The van der Waals surface area contributed by atoms with Gasteiger partial charge in [0.25, 0.3) is 5.91 Å². The Morgan fingerprint density at radius 2 is 1.65 bits per heavy atom. The second-order valence-electron chi connectivity index (χ2n) is 7.57. The zero-order chi connectivity index (χ0) is 24.5. The highest BCUT2D eigenvalue weighted by molar-refractivity contribution is 9.10. The quantitative estimate of drug-likeness (QED) is 0.440. The molecule has 0 radical (unpaired) electrons. The highest BCUT2D eigenvalue weighted by atomic mass is 79.9. The number of hydrogen-bond acceptors (Lipinski definition) is 4. The summed E-state index contributed by atoms with van der Waals surface area (Å²) < 4.78 is 44.5. The van der Waals surface area contributed by atoms with E-state index in [1.54, 1.807) is 35.2 Å². The van der Waals surface area contributed by atoms with Gasteiger partial charge >= 0.3 is 12.1 Å². The van der Waals surface area contributed by atoms with Gasteiger partial charge in [-0.25, -0.2) is 0 Å². The van der Waals surface area contributed by atoms with Gasteiger partial charge in [0.15, 0.2) is 5.76 Å². The Morgan fingerprint density at radius 3 is 2.26 bits per heavy atom. The number of nitrogens with zero attached hydrogens (tertiary/aromatic N) is 2. The number of alkyl halides is 3. The van der Waals surface area contributed by atoms with E-state index in [9.17, 15) is 22.8 Å². The number of carbonyl (C=O) groups is 2. The predicted octanol–water partition coefficient (Wildman–Crippen LogP) is 5.83. The highest BCUT2D eigenvalue weighted by Gasteiger charge is 2.43. The average Bonchev–Trinajstić information content (AvgIpc) is 3.29. The third kappa shape index (κ3) is 5.39. The van der Waals surface area contributed by atoms with Crippen molar-refractivity contribution in [2.75, 3.05) is 36.4 Å². The van der Waals surface area contributed by atoms with Crippen molar-refractivity contribution in [3.05, 3.63) is 69.9 Å². The van der Waals surface area contributed by atoms with E-state index in [1.807, 2.05) is 24.3 Å². The van der Waals surface area contributed by atoms with Crippen LogP contribution in [0.5, 0.6) is 0 Å². The molecule has 0 spiro atoms. The van der Waals surface area contributed by atoms with Crippen LogP contribution in [0.2, 0.25) is 5.02 Å². The van der Waals surface area contributed by atoms with E-state index in [4.69, 9.17) is 16.0 Å². The van der Waals surface area contributed by atoms with Gasteiger partial charge in [-0.3, -0.25) is 9.59 Å². The van der Waals surface area contributed by atoms with Crippen LogP contribution >= 0.6 is 27.5 Å². The van der Waals surface area contributed by atoms with Crippen molar-refractivity contribution in [3.63, 3.8) is 0 Å². The fourth-order valence-corrected chi connectivity index (χ4v) is 4.16. The van der Waals surface area contributed by atoms with E-state index in [-0.39, 0.29) is 31.9 Å². The number of piperazine rings is 1. The zero-order valence-electron chi connectivity index (χ0n) is 17.5. The number of furan rings is 1. The molecule has 1 saturated heterocycles. The Kier molecular flexibility index (Phi) is 6.90. The molecule has 2 amide bonds. The van der Waals surface area contributed by atoms with Crippen LogP contribution in [0.15, 0.2) is 63.5 Å². The lowest BCUT2D eigenvalue weighted by molar-refractivity contribution is -0.185. The zero-order valence-corrected chi connectivity index (χ0v) is 19.9. The fraction of sp³-hybridized carbons (Fsp3) is 0.217. The van der Waals surface area contributed by atoms with Gasteiger partial charge in [0.2, 0.25) is 0 Å². The molecule has 0 saturated carbocycles. The molecule has 1 aliphatic rings. The molecule has 6 nitrogen and oxygen atoms in total. The minimum atomic E-state index is -4.88. The van der Waals surface area contributed by atoms with Crippen molar-refractivity contribution in [2.45, 2.75) is 6.18 Å². The van der Waals surface area contributed by atoms with Crippen LogP contribution in [0.3, 0.4) is 0 Å². The first kappa shape index (κ1) is 24.2. The SMILES string of the molecule is O=C(Nc1ccc(N2CCN(C(=O)C(F)(F)F)CC2)c(Cl)c1)c1ccc(-c2ccc(Br)cc2)o1. The number of halogens is 5. The number of hydrogen-bond donors (Lipinski definition) is 1. The molecule has 0 bridgehead atoms. The Bertz CT molecular complexity index is 1210. The molecular formula is C23H18BrClF3N3O3. The highest BCUT2D eigenvalue weighted by Crippen LogP contribution is 2.31. The first-order chi connectivity index (χ1) is 16.1. The molecule has 1 fully saturated rings.